The third-order valence-electron chi connectivity index (χ3n) is 3.67. The van der Waals surface area contributed by atoms with Crippen LogP contribution in [0.1, 0.15) is 44.1 Å². The highest BCUT2D eigenvalue weighted by Gasteiger charge is 2.18. The zero-order chi connectivity index (χ0) is 20.2. The zero-order valence-corrected chi connectivity index (χ0v) is 15.3. The summed E-state index contributed by atoms with van der Waals surface area (Å²) in [5.41, 5.74) is 2.24. The summed E-state index contributed by atoms with van der Waals surface area (Å²) in [5.74, 6) is -0.635. The van der Waals surface area contributed by atoms with E-state index in [1.54, 1.807) is 0 Å². The van der Waals surface area contributed by atoms with E-state index in [2.05, 4.69) is 10.5 Å². The molecule has 0 saturated heterocycles. The number of amides is 1. The Morgan fingerprint density at radius 3 is 2.30 bits per heavy atom. The third kappa shape index (κ3) is 7.72. The van der Waals surface area contributed by atoms with Gasteiger partial charge in [0.05, 0.1) is 37.0 Å². The Morgan fingerprint density at radius 2 is 1.74 bits per heavy atom. The van der Waals surface area contributed by atoms with Gasteiger partial charge in [-0.3, -0.25) is 19.7 Å². The first kappa shape index (κ1) is 21.9. The van der Waals surface area contributed by atoms with Crippen molar-refractivity contribution in [3.8, 4) is 11.5 Å². The van der Waals surface area contributed by atoms with Gasteiger partial charge in [0.15, 0.2) is 11.5 Å². The van der Waals surface area contributed by atoms with Crippen LogP contribution in [0.4, 0.5) is 5.69 Å². The lowest BCUT2D eigenvalue weighted by Gasteiger charge is -2.08. The molecule has 0 spiro atoms. The van der Waals surface area contributed by atoms with E-state index >= 15 is 0 Å². The number of rotatable bonds is 12. The Balaban J connectivity index is 2.57. The molecule has 1 amide bonds. The number of aliphatic carboxylic acids is 1. The molecule has 0 atom stereocenters. The first-order valence-electron chi connectivity index (χ1n) is 8.33. The summed E-state index contributed by atoms with van der Waals surface area (Å²) in [6.45, 7) is 0. The fourth-order valence-electron chi connectivity index (χ4n) is 2.29. The molecular weight excluding hydrogens is 358 g/mol. The van der Waals surface area contributed by atoms with Crippen LogP contribution in [0.25, 0.3) is 0 Å². The Bertz CT molecular complexity index is 704. The number of methoxy groups -OCH3 is 2. The van der Waals surface area contributed by atoms with Crippen LogP contribution in [0.3, 0.4) is 0 Å². The number of nitrogens with zero attached hydrogens (tertiary/aromatic N) is 2. The topological polar surface area (TPSA) is 140 Å². The molecule has 0 unspecified atom stereocenters. The predicted octanol–water partition coefficient (Wildman–Crippen LogP) is 2.49. The molecular formula is C17H23N3O7. The summed E-state index contributed by atoms with van der Waals surface area (Å²) in [5, 5.41) is 23.5. The monoisotopic (exact) mass is 381 g/mol. The Labute approximate surface area is 156 Å². The van der Waals surface area contributed by atoms with Crippen LogP contribution in [-0.2, 0) is 9.59 Å². The van der Waals surface area contributed by atoms with E-state index in [4.69, 9.17) is 14.6 Å². The van der Waals surface area contributed by atoms with Crippen molar-refractivity contribution >= 4 is 23.8 Å². The Hall–Kier alpha value is -3.17. The molecule has 1 aromatic rings. The average molecular weight is 381 g/mol. The number of carbonyl (C=O) groups is 2. The molecule has 0 aliphatic carbocycles. The molecule has 10 heteroatoms. The number of nitrogens with one attached hydrogen (secondary N) is 1. The highest BCUT2D eigenvalue weighted by Crippen LogP contribution is 2.33. The molecule has 2 N–H and O–H groups in total. The molecule has 1 rings (SSSR count). The molecule has 0 saturated carbocycles. The number of benzene rings is 1. The fourth-order valence-corrected chi connectivity index (χ4v) is 2.29. The maximum Gasteiger partial charge on any atom is 0.303 e. The molecule has 27 heavy (non-hydrogen) atoms. The van der Waals surface area contributed by atoms with E-state index in [-0.39, 0.29) is 35.7 Å². The number of nitro benzene ring substituents is 1. The normalized spacial score (nSPS) is 10.6. The molecule has 0 aromatic heterocycles. The summed E-state index contributed by atoms with van der Waals surface area (Å²) < 4.78 is 10.1. The van der Waals surface area contributed by atoms with Gasteiger partial charge in [0.25, 0.3) is 5.69 Å². The number of carbonyl (C=O) groups excluding carboxylic acids is 1. The van der Waals surface area contributed by atoms with E-state index in [0.717, 1.165) is 12.8 Å². The number of hydrogen-bond donors (Lipinski definition) is 2. The fraction of sp³-hybridized carbons (Fsp3) is 0.471. The predicted molar refractivity (Wildman–Crippen MR) is 97.3 cm³/mol. The van der Waals surface area contributed by atoms with Crippen molar-refractivity contribution in [2.24, 2.45) is 5.10 Å². The minimum Gasteiger partial charge on any atom is -0.493 e. The molecule has 1 aromatic carbocycles. The first-order valence-corrected chi connectivity index (χ1v) is 8.33. The van der Waals surface area contributed by atoms with Crippen LogP contribution in [0.2, 0.25) is 0 Å². The molecule has 0 heterocycles. The molecule has 0 fully saturated rings. The third-order valence-corrected chi connectivity index (χ3v) is 3.67. The summed E-state index contributed by atoms with van der Waals surface area (Å²) in [6, 6.07) is 2.62. The summed E-state index contributed by atoms with van der Waals surface area (Å²) >= 11 is 0. The maximum absolute atomic E-state index is 11.7. The SMILES string of the molecule is COc1cc(/C=N/NC(=O)CCCCCCC(=O)O)c([N+](=O)[O-])cc1OC. The quantitative estimate of drug-likeness (QED) is 0.245. The molecule has 0 aliphatic heterocycles. The summed E-state index contributed by atoms with van der Waals surface area (Å²) in [6.07, 6.45) is 4.20. The largest absolute Gasteiger partial charge is 0.493 e. The minimum atomic E-state index is -0.827. The lowest BCUT2D eigenvalue weighted by Crippen LogP contribution is -2.17. The number of carboxylic acid groups (broad SMARTS) is 1. The number of carboxylic acids is 1. The smallest absolute Gasteiger partial charge is 0.303 e. The first-order chi connectivity index (χ1) is 12.9. The maximum atomic E-state index is 11.7. The molecule has 0 aliphatic rings. The average Bonchev–Trinajstić information content (AvgIpc) is 2.63. The van der Waals surface area contributed by atoms with Gasteiger partial charge < -0.3 is 14.6 Å². The molecule has 0 bridgehead atoms. The summed E-state index contributed by atoms with van der Waals surface area (Å²) in [7, 11) is 2.78. The zero-order valence-electron chi connectivity index (χ0n) is 15.3. The number of ether oxygens (including phenoxy) is 2. The second-order valence-corrected chi connectivity index (χ2v) is 5.62. The van der Waals surface area contributed by atoms with Gasteiger partial charge in [0.1, 0.15) is 0 Å². The van der Waals surface area contributed by atoms with Crippen molar-refractivity contribution in [3.05, 3.63) is 27.8 Å². The van der Waals surface area contributed by atoms with E-state index in [0.29, 0.717) is 18.6 Å². The van der Waals surface area contributed by atoms with E-state index in [9.17, 15) is 19.7 Å². The lowest BCUT2D eigenvalue weighted by atomic mass is 10.1. The van der Waals surface area contributed by atoms with Gasteiger partial charge in [-0.2, -0.15) is 5.10 Å². The van der Waals surface area contributed by atoms with Crippen molar-refractivity contribution in [1.82, 2.24) is 5.43 Å². The van der Waals surface area contributed by atoms with Gasteiger partial charge in [-0.25, -0.2) is 5.43 Å². The van der Waals surface area contributed by atoms with Gasteiger partial charge in [-0.15, -0.1) is 0 Å². The van der Waals surface area contributed by atoms with Crippen molar-refractivity contribution in [1.29, 1.82) is 0 Å². The van der Waals surface area contributed by atoms with Crippen LogP contribution in [0.15, 0.2) is 17.2 Å². The Morgan fingerprint density at radius 1 is 1.15 bits per heavy atom. The standard InChI is InChI=1S/C17H23N3O7/c1-26-14-9-12(13(20(24)25)10-15(14)27-2)11-18-19-16(21)7-5-3-4-6-8-17(22)23/h9-11H,3-8H2,1-2H3,(H,19,21)(H,22,23)/b18-11+. The minimum absolute atomic E-state index is 0.126. The van der Waals surface area contributed by atoms with E-state index in [1.165, 1.54) is 32.6 Å². The van der Waals surface area contributed by atoms with Crippen LogP contribution >= 0.6 is 0 Å². The van der Waals surface area contributed by atoms with E-state index < -0.39 is 10.9 Å². The Kier molecular flexibility index (Phi) is 9.27. The number of hydrogen-bond acceptors (Lipinski definition) is 7. The molecule has 10 nitrogen and oxygen atoms in total. The van der Waals surface area contributed by atoms with E-state index in [1.807, 2.05) is 0 Å². The lowest BCUT2D eigenvalue weighted by molar-refractivity contribution is -0.385. The van der Waals surface area contributed by atoms with Crippen molar-refractivity contribution < 1.29 is 29.1 Å². The molecule has 0 radical (unpaired) electrons. The van der Waals surface area contributed by atoms with Crippen molar-refractivity contribution in [3.63, 3.8) is 0 Å². The van der Waals surface area contributed by atoms with Crippen molar-refractivity contribution in [2.75, 3.05) is 14.2 Å². The second-order valence-electron chi connectivity index (χ2n) is 5.62. The van der Waals surface area contributed by atoms with Gasteiger partial charge in [-0.1, -0.05) is 12.8 Å². The van der Waals surface area contributed by atoms with Crippen LogP contribution in [0, 0.1) is 10.1 Å². The number of unbranched alkanes of at least 4 members (excludes halogenated alkanes) is 3. The summed E-state index contributed by atoms with van der Waals surface area (Å²) in [4.78, 5) is 32.7. The second kappa shape index (κ2) is 11.4. The highest BCUT2D eigenvalue weighted by atomic mass is 16.6. The number of nitro groups is 1. The van der Waals surface area contributed by atoms with Crippen molar-refractivity contribution in [2.45, 2.75) is 38.5 Å². The van der Waals surface area contributed by atoms with Gasteiger partial charge in [-0.05, 0) is 18.9 Å². The highest BCUT2D eigenvalue weighted by molar-refractivity contribution is 5.88. The van der Waals surface area contributed by atoms with Crippen LogP contribution < -0.4 is 14.9 Å². The number of hydrazone groups is 1. The van der Waals surface area contributed by atoms with Crippen LogP contribution in [-0.4, -0.2) is 42.3 Å². The molecule has 148 valence electrons. The van der Waals surface area contributed by atoms with Gasteiger partial charge in [0.2, 0.25) is 5.91 Å². The van der Waals surface area contributed by atoms with Gasteiger partial charge >= 0.3 is 5.97 Å². The van der Waals surface area contributed by atoms with Crippen LogP contribution in [0.5, 0.6) is 11.5 Å². The van der Waals surface area contributed by atoms with Gasteiger partial charge in [0, 0.05) is 12.8 Å².